The average molecular weight is 344 g/mol. The van der Waals surface area contributed by atoms with Crippen molar-refractivity contribution in [3.05, 3.63) is 53.5 Å². The van der Waals surface area contributed by atoms with Crippen molar-refractivity contribution in [2.24, 2.45) is 0 Å². The summed E-state index contributed by atoms with van der Waals surface area (Å²) < 4.78 is 24.9. The van der Waals surface area contributed by atoms with Gasteiger partial charge in [0.15, 0.2) is 0 Å². The molecule has 1 saturated heterocycles. The number of aromatic nitrogens is 1. The number of rotatable bonds is 4. The quantitative estimate of drug-likeness (QED) is 0.837. The molecule has 1 aromatic heterocycles. The fourth-order valence-electron chi connectivity index (χ4n) is 3.95. The second kappa shape index (κ2) is 7.67. The van der Waals surface area contributed by atoms with Crippen molar-refractivity contribution in [1.82, 2.24) is 9.88 Å². The zero-order chi connectivity index (χ0) is 17.1. The second-order valence-corrected chi connectivity index (χ2v) is 7.11. The highest BCUT2D eigenvalue weighted by molar-refractivity contribution is 5.20. The van der Waals surface area contributed by atoms with Crippen LogP contribution in [0, 0.1) is 5.82 Å². The first-order chi connectivity index (χ1) is 12.3. The number of ether oxygens (including phenoxy) is 1. The lowest BCUT2D eigenvalue weighted by Crippen LogP contribution is -2.45. The van der Waals surface area contributed by atoms with E-state index in [2.05, 4.69) is 9.88 Å². The van der Waals surface area contributed by atoms with E-state index in [0.717, 1.165) is 31.0 Å². The highest BCUT2D eigenvalue weighted by atomic mass is 19.1. The SMILES string of the molecule is Fc1ccc(Cc2cnc([C@@H]3CN(C4CCCCC4)CCO3)o2)cc1. The van der Waals surface area contributed by atoms with E-state index in [1.54, 1.807) is 18.3 Å². The maximum Gasteiger partial charge on any atom is 0.224 e. The first-order valence-corrected chi connectivity index (χ1v) is 9.32. The lowest BCUT2D eigenvalue weighted by Gasteiger charge is -2.39. The molecule has 1 atom stereocenters. The molecule has 4 nitrogen and oxygen atoms in total. The lowest BCUT2D eigenvalue weighted by atomic mass is 9.93. The van der Waals surface area contributed by atoms with Gasteiger partial charge in [-0.25, -0.2) is 9.37 Å². The minimum Gasteiger partial charge on any atom is -0.442 e. The standard InChI is InChI=1S/C20H25FN2O2/c21-16-8-6-15(7-9-16)12-18-13-22-20(25-18)19-14-23(10-11-24-19)17-4-2-1-3-5-17/h6-9,13,17,19H,1-5,10-12,14H2/t19-/m0/s1. The zero-order valence-corrected chi connectivity index (χ0v) is 14.5. The summed E-state index contributed by atoms with van der Waals surface area (Å²) in [5.41, 5.74) is 1.01. The molecule has 2 heterocycles. The molecule has 1 aliphatic carbocycles. The summed E-state index contributed by atoms with van der Waals surface area (Å²) in [5, 5.41) is 0. The Balaban J connectivity index is 1.39. The van der Waals surface area contributed by atoms with Crippen LogP contribution in [-0.4, -0.2) is 35.6 Å². The van der Waals surface area contributed by atoms with Gasteiger partial charge >= 0.3 is 0 Å². The Morgan fingerprint density at radius 3 is 2.72 bits per heavy atom. The largest absolute Gasteiger partial charge is 0.442 e. The fraction of sp³-hybridized carbons (Fsp3) is 0.550. The van der Waals surface area contributed by atoms with E-state index in [0.29, 0.717) is 18.4 Å². The molecule has 4 rings (SSSR count). The third kappa shape index (κ3) is 4.10. The second-order valence-electron chi connectivity index (χ2n) is 7.11. The molecular weight excluding hydrogens is 319 g/mol. The van der Waals surface area contributed by atoms with Crippen molar-refractivity contribution >= 4 is 0 Å². The summed E-state index contributed by atoms with van der Waals surface area (Å²) in [6.45, 7) is 2.60. The van der Waals surface area contributed by atoms with Gasteiger partial charge < -0.3 is 9.15 Å². The number of halogens is 1. The first kappa shape index (κ1) is 16.7. The molecule has 2 aromatic rings. The van der Waals surface area contributed by atoms with Gasteiger partial charge in [0.25, 0.3) is 0 Å². The Hall–Kier alpha value is -1.72. The van der Waals surface area contributed by atoms with Crippen molar-refractivity contribution in [2.45, 2.75) is 50.7 Å². The molecule has 0 spiro atoms. The van der Waals surface area contributed by atoms with Crippen molar-refractivity contribution in [2.75, 3.05) is 19.7 Å². The highest BCUT2D eigenvalue weighted by Gasteiger charge is 2.30. The summed E-state index contributed by atoms with van der Waals surface area (Å²) >= 11 is 0. The summed E-state index contributed by atoms with van der Waals surface area (Å²) in [7, 11) is 0. The van der Waals surface area contributed by atoms with Crippen LogP contribution < -0.4 is 0 Å². The van der Waals surface area contributed by atoms with E-state index in [9.17, 15) is 4.39 Å². The molecule has 1 saturated carbocycles. The molecule has 0 radical (unpaired) electrons. The summed E-state index contributed by atoms with van der Waals surface area (Å²) in [5.74, 6) is 1.23. The Morgan fingerprint density at radius 2 is 1.92 bits per heavy atom. The predicted molar refractivity (Wildman–Crippen MR) is 92.8 cm³/mol. The maximum absolute atomic E-state index is 13.0. The van der Waals surface area contributed by atoms with Gasteiger partial charge in [-0.05, 0) is 30.5 Å². The van der Waals surface area contributed by atoms with Crippen LogP contribution in [0.3, 0.4) is 0 Å². The van der Waals surface area contributed by atoms with Crippen LogP contribution in [0.4, 0.5) is 4.39 Å². The monoisotopic (exact) mass is 344 g/mol. The van der Waals surface area contributed by atoms with Crippen LogP contribution in [-0.2, 0) is 11.2 Å². The van der Waals surface area contributed by atoms with Gasteiger partial charge in [0.1, 0.15) is 17.7 Å². The highest BCUT2D eigenvalue weighted by Crippen LogP contribution is 2.29. The molecule has 2 fully saturated rings. The van der Waals surface area contributed by atoms with Gasteiger partial charge in [-0.1, -0.05) is 31.4 Å². The van der Waals surface area contributed by atoms with Crippen molar-refractivity contribution in [1.29, 1.82) is 0 Å². The van der Waals surface area contributed by atoms with Crippen LogP contribution in [0.2, 0.25) is 0 Å². The molecule has 2 aliphatic rings. The van der Waals surface area contributed by atoms with Gasteiger partial charge in [0.2, 0.25) is 5.89 Å². The molecule has 0 unspecified atom stereocenters. The third-order valence-corrected chi connectivity index (χ3v) is 5.33. The van der Waals surface area contributed by atoms with Crippen molar-refractivity contribution in [3.63, 3.8) is 0 Å². The number of hydrogen-bond acceptors (Lipinski definition) is 4. The molecule has 5 heteroatoms. The summed E-state index contributed by atoms with van der Waals surface area (Å²) in [4.78, 5) is 6.99. The van der Waals surface area contributed by atoms with Crippen LogP contribution in [0.15, 0.2) is 34.9 Å². The molecule has 1 aromatic carbocycles. The molecular formula is C20H25FN2O2. The Kier molecular flexibility index (Phi) is 5.13. The summed E-state index contributed by atoms with van der Waals surface area (Å²) in [6.07, 6.45) is 8.95. The lowest BCUT2D eigenvalue weighted by molar-refractivity contribution is -0.0609. The number of morpholine rings is 1. The molecule has 25 heavy (non-hydrogen) atoms. The van der Waals surface area contributed by atoms with E-state index in [4.69, 9.17) is 9.15 Å². The summed E-state index contributed by atoms with van der Waals surface area (Å²) in [6, 6.07) is 7.19. The fourth-order valence-corrected chi connectivity index (χ4v) is 3.95. The van der Waals surface area contributed by atoms with Gasteiger partial charge in [-0.3, -0.25) is 4.90 Å². The van der Waals surface area contributed by atoms with E-state index in [1.807, 2.05) is 0 Å². The minimum atomic E-state index is -0.222. The number of nitrogens with zero attached hydrogens (tertiary/aromatic N) is 2. The topological polar surface area (TPSA) is 38.5 Å². The van der Waals surface area contributed by atoms with Crippen LogP contribution >= 0.6 is 0 Å². The molecule has 1 aliphatic heterocycles. The van der Waals surface area contributed by atoms with E-state index in [-0.39, 0.29) is 11.9 Å². The Labute approximate surface area is 148 Å². The number of hydrogen-bond donors (Lipinski definition) is 0. The number of benzene rings is 1. The maximum atomic E-state index is 13.0. The molecule has 0 bridgehead atoms. The first-order valence-electron chi connectivity index (χ1n) is 9.32. The normalized spacial score (nSPS) is 23.0. The van der Waals surface area contributed by atoms with E-state index < -0.39 is 0 Å². The van der Waals surface area contributed by atoms with Crippen LogP contribution in [0.25, 0.3) is 0 Å². The molecule has 134 valence electrons. The van der Waals surface area contributed by atoms with E-state index >= 15 is 0 Å². The van der Waals surface area contributed by atoms with Crippen LogP contribution in [0.1, 0.15) is 55.4 Å². The van der Waals surface area contributed by atoms with Gasteiger partial charge in [-0.2, -0.15) is 0 Å². The Bertz CT molecular complexity index is 679. The molecule has 0 amide bonds. The van der Waals surface area contributed by atoms with Gasteiger partial charge in [-0.15, -0.1) is 0 Å². The van der Waals surface area contributed by atoms with E-state index in [1.165, 1.54) is 44.2 Å². The average Bonchev–Trinajstić information content (AvgIpc) is 3.13. The van der Waals surface area contributed by atoms with Gasteiger partial charge in [0.05, 0.1) is 12.8 Å². The molecule has 0 N–H and O–H groups in total. The van der Waals surface area contributed by atoms with Crippen molar-refractivity contribution in [3.8, 4) is 0 Å². The predicted octanol–water partition coefficient (Wildman–Crippen LogP) is 4.11. The Morgan fingerprint density at radius 1 is 1.12 bits per heavy atom. The smallest absolute Gasteiger partial charge is 0.224 e. The van der Waals surface area contributed by atoms with Gasteiger partial charge in [0, 0.05) is 25.6 Å². The number of oxazole rings is 1. The minimum absolute atomic E-state index is 0.0855. The zero-order valence-electron chi connectivity index (χ0n) is 14.5. The van der Waals surface area contributed by atoms with Crippen molar-refractivity contribution < 1.29 is 13.5 Å². The van der Waals surface area contributed by atoms with Crippen LogP contribution in [0.5, 0.6) is 0 Å². The third-order valence-electron chi connectivity index (χ3n) is 5.33.